The Morgan fingerprint density at radius 2 is 1.75 bits per heavy atom. The van der Waals surface area contributed by atoms with Gasteiger partial charge in [0.2, 0.25) is 10.0 Å². The van der Waals surface area contributed by atoms with Crippen LogP contribution >= 0.6 is 0 Å². The lowest BCUT2D eigenvalue weighted by Crippen LogP contribution is -2.10. The molecule has 0 atom stereocenters. The number of anilines is 1. The number of benzene rings is 2. The summed E-state index contributed by atoms with van der Waals surface area (Å²) in [4.78, 5) is -0.473. The summed E-state index contributed by atoms with van der Waals surface area (Å²) in [6.07, 6.45) is 0.954. The van der Waals surface area contributed by atoms with E-state index in [1.54, 1.807) is 0 Å². The van der Waals surface area contributed by atoms with Gasteiger partial charge in [0.05, 0.1) is 16.8 Å². The Morgan fingerprint density at radius 1 is 1.10 bits per heavy atom. The monoisotopic (exact) mass is 317 g/mol. The van der Waals surface area contributed by atoms with Crippen molar-refractivity contribution in [1.82, 2.24) is 0 Å². The molecule has 2 aromatic rings. The van der Waals surface area contributed by atoms with Crippen LogP contribution in [-0.4, -0.2) is 32.8 Å². The number of hydrogen-bond acceptors (Lipinski definition) is 5. The molecule has 0 amide bonds. The van der Waals surface area contributed by atoms with Crippen LogP contribution in [0.15, 0.2) is 35.2 Å². The number of rotatable bonds is 3. The number of aromatic hydroxyl groups is 1. The van der Waals surface area contributed by atoms with Gasteiger partial charge in [-0.25, -0.2) is 8.42 Å². The molecule has 0 radical (unpaired) electrons. The first-order valence-electron chi connectivity index (χ1n) is 5.29. The summed E-state index contributed by atoms with van der Waals surface area (Å²) in [6.45, 7) is 0. The van der Waals surface area contributed by atoms with Crippen LogP contribution < -0.4 is 4.72 Å². The molecule has 3 N–H and O–H groups in total. The molecule has 0 unspecified atom stereocenters. The van der Waals surface area contributed by atoms with Crippen molar-refractivity contribution in [2.24, 2.45) is 0 Å². The van der Waals surface area contributed by atoms with Gasteiger partial charge in [0.25, 0.3) is 10.1 Å². The molecule has 9 heteroatoms. The molecule has 2 aromatic carbocycles. The van der Waals surface area contributed by atoms with E-state index >= 15 is 0 Å². The van der Waals surface area contributed by atoms with E-state index in [9.17, 15) is 21.9 Å². The van der Waals surface area contributed by atoms with E-state index in [0.29, 0.717) is 0 Å². The lowest BCUT2D eigenvalue weighted by molar-refractivity contribution is 0.471. The van der Waals surface area contributed by atoms with Crippen molar-refractivity contribution >= 4 is 36.6 Å². The van der Waals surface area contributed by atoms with Gasteiger partial charge in [0, 0.05) is 11.5 Å². The molecule has 20 heavy (non-hydrogen) atoms. The fraction of sp³-hybridized carbons (Fsp3) is 0.0909. The van der Waals surface area contributed by atoms with Crippen molar-refractivity contribution in [2.45, 2.75) is 4.90 Å². The number of nitrogens with one attached hydrogen (secondary N) is 1. The maximum absolute atomic E-state index is 11.3. The zero-order valence-corrected chi connectivity index (χ0v) is 11.9. The van der Waals surface area contributed by atoms with E-state index in [0.717, 1.165) is 18.4 Å². The molecule has 0 aliphatic carbocycles. The highest BCUT2D eigenvalue weighted by atomic mass is 32.2. The lowest BCUT2D eigenvalue weighted by atomic mass is 10.1. The predicted molar refractivity (Wildman–Crippen MR) is 73.9 cm³/mol. The summed E-state index contributed by atoms with van der Waals surface area (Å²) in [5.74, 6) is -0.457. The predicted octanol–water partition coefficient (Wildman–Crippen LogP) is 1.16. The summed E-state index contributed by atoms with van der Waals surface area (Å²) < 4.78 is 55.9. The highest BCUT2D eigenvalue weighted by Gasteiger charge is 2.16. The molecule has 0 aliphatic rings. The van der Waals surface area contributed by atoms with Crippen molar-refractivity contribution in [3.8, 4) is 5.75 Å². The Balaban J connectivity index is 2.78. The quantitative estimate of drug-likeness (QED) is 0.731. The molecule has 0 aliphatic heterocycles. The third kappa shape index (κ3) is 3.00. The molecule has 2 rings (SSSR count). The number of sulfonamides is 1. The van der Waals surface area contributed by atoms with Gasteiger partial charge in [0.15, 0.2) is 0 Å². The van der Waals surface area contributed by atoms with E-state index in [1.807, 2.05) is 0 Å². The lowest BCUT2D eigenvalue weighted by Gasteiger charge is -2.10. The maximum atomic E-state index is 11.3. The second-order valence-corrected chi connectivity index (χ2v) is 7.37. The molecule has 0 saturated carbocycles. The van der Waals surface area contributed by atoms with E-state index in [1.165, 1.54) is 18.2 Å². The molecular formula is C11H11NO6S2. The Hall–Kier alpha value is -1.84. The van der Waals surface area contributed by atoms with E-state index in [2.05, 4.69) is 4.72 Å². The standard InChI is InChI=1S/C11H11NO6S2/c1-19(14,15)12-9-4-2-3-7-5-8(20(16,17)18)6-10(13)11(7)9/h2-6,12-13H,1H3,(H,16,17,18). The molecule has 0 bridgehead atoms. The highest BCUT2D eigenvalue weighted by Crippen LogP contribution is 2.34. The molecule has 0 aromatic heterocycles. The zero-order valence-electron chi connectivity index (χ0n) is 10.2. The second-order valence-electron chi connectivity index (χ2n) is 4.20. The smallest absolute Gasteiger partial charge is 0.294 e. The Kier molecular flexibility index (Phi) is 3.36. The third-order valence-electron chi connectivity index (χ3n) is 2.52. The van der Waals surface area contributed by atoms with Gasteiger partial charge >= 0.3 is 0 Å². The first-order valence-corrected chi connectivity index (χ1v) is 8.62. The van der Waals surface area contributed by atoms with Crippen LogP contribution in [0.1, 0.15) is 0 Å². The van der Waals surface area contributed by atoms with Gasteiger partial charge in [-0.2, -0.15) is 8.42 Å². The molecule has 0 spiro atoms. The summed E-state index contributed by atoms with van der Waals surface area (Å²) in [6, 6.07) is 6.39. The molecule has 7 nitrogen and oxygen atoms in total. The largest absolute Gasteiger partial charge is 0.507 e. The zero-order chi connectivity index (χ0) is 15.1. The van der Waals surface area contributed by atoms with Crippen molar-refractivity contribution in [3.05, 3.63) is 30.3 Å². The molecule has 108 valence electrons. The summed E-state index contributed by atoms with van der Waals surface area (Å²) in [7, 11) is -8.02. The van der Waals surface area contributed by atoms with Gasteiger partial charge in [-0.05, 0) is 17.5 Å². The minimum absolute atomic E-state index is 0.115. The minimum Gasteiger partial charge on any atom is -0.507 e. The van der Waals surface area contributed by atoms with Crippen molar-refractivity contribution in [3.63, 3.8) is 0 Å². The maximum Gasteiger partial charge on any atom is 0.294 e. The Morgan fingerprint density at radius 3 is 2.30 bits per heavy atom. The third-order valence-corrected chi connectivity index (χ3v) is 3.94. The first-order chi connectivity index (χ1) is 9.08. The van der Waals surface area contributed by atoms with Crippen LogP contribution in [0, 0.1) is 0 Å². The van der Waals surface area contributed by atoms with Crippen LogP contribution in [0.3, 0.4) is 0 Å². The topological polar surface area (TPSA) is 121 Å². The fourth-order valence-corrected chi connectivity index (χ4v) is 2.92. The number of phenolic OH excluding ortho intramolecular Hbond substituents is 1. The van der Waals surface area contributed by atoms with E-state index in [4.69, 9.17) is 4.55 Å². The molecule has 0 saturated heterocycles. The number of fused-ring (bicyclic) bond motifs is 1. The number of hydrogen-bond donors (Lipinski definition) is 3. The first kappa shape index (κ1) is 14.6. The van der Waals surface area contributed by atoms with Crippen LogP contribution in [0.4, 0.5) is 5.69 Å². The van der Waals surface area contributed by atoms with Crippen LogP contribution in [0.5, 0.6) is 5.75 Å². The van der Waals surface area contributed by atoms with Gasteiger partial charge < -0.3 is 5.11 Å². The van der Waals surface area contributed by atoms with Crippen LogP contribution in [-0.2, 0) is 20.1 Å². The van der Waals surface area contributed by atoms with Gasteiger partial charge in [-0.15, -0.1) is 0 Å². The Labute approximate surface area is 115 Å². The van der Waals surface area contributed by atoms with Gasteiger partial charge in [-0.1, -0.05) is 12.1 Å². The highest BCUT2D eigenvalue weighted by molar-refractivity contribution is 7.92. The van der Waals surface area contributed by atoms with E-state index in [-0.39, 0.29) is 16.5 Å². The average Bonchev–Trinajstić information content (AvgIpc) is 2.25. The van der Waals surface area contributed by atoms with Gasteiger partial charge in [-0.3, -0.25) is 9.27 Å². The Bertz CT molecular complexity index is 887. The van der Waals surface area contributed by atoms with Crippen molar-refractivity contribution in [2.75, 3.05) is 11.0 Å². The summed E-state index contributed by atoms with van der Waals surface area (Å²) in [5, 5.41) is 10.3. The normalized spacial score (nSPS) is 12.5. The van der Waals surface area contributed by atoms with Crippen LogP contribution in [0.25, 0.3) is 10.8 Å². The average molecular weight is 317 g/mol. The number of phenols is 1. The minimum atomic E-state index is -4.46. The summed E-state index contributed by atoms with van der Waals surface area (Å²) >= 11 is 0. The van der Waals surface area contributed by atoms with Crippen molar-refractivity contribution in [1.29, 1.82) is 0 Å². The fourth-order valence-electron chi connectivity index (χ4n) is 1.81. The summed E-state index contributed by atoms with van der Waals surface area (Å²) in [5.41, 5.74) is 0.115. The SMILES string of the molecule is CS(=O)(=O)Nc1cccc2cc(S(=O)(=O)O)cc(O)c12. The molecular weight excluding hydrogens is 306 g/mol. The molecule has 0 fully saturated rings. The van der Waals surface area contributed by atoms with Crippen molar-refractivity contribution < 1.29 is 26.5 Å². The van der Waals surface area contributed by atoms with Crippen LogP contribution in [0.2, 0.25) is 0 Å². The van der Waals surface area contributed by atoms with Gasteiger partial charge in [0.1, 0.15) is 5.75 Å². The van der Waals surface area contributed by atoms with E-state index < -0.39 is 30.8 Å². The second kappa shape index (κ2) is 4.62. The molecule has 0 heterocycles.